The predicted octanol–water partition coefficient (Wildman–Crippen LogP) is 4.16. The largest absolute Gasteiger partial charge is 0.179 e. The summed E-state index contributed by atoms with van der Waals surface area (Å²) in [5.74, 6) is 1.01. The van der Waals surface area contributed by atoms with Crippen molar-refractivity contribution in [1.29, 1.82) is 0 Å². The molecule has 0 aromatic carbocycles. The molecule has 0 fully saturated rings. The van der Waals surface area contributed by atoms with Gasteiger partial charge in [-0.3, -0.25) is 0 Å². The fourth-order valence-electron chi connectivity index (χ4n) is 1.57. The van der Waals surface area contributed by atoms with E-state index in [-0.39, 0.29) is 0 Å². The summed E-state index contributed by atoms with van der Waals surface area (Å²) in [6, 6.07) is 0. The molecule has 0 N–H and O–H groups in total. The minimum atomic E-state index is 0.433. The number of thiol groups is 1. The van der Waals surface area contributed by atoms with Crippen molar-refractivity contribution in [3.8, 4) is 0 Å². The van der Waals surface area contributed by atoms with Crippen molar-refractivity contribution >= 4 is 12.6 Å². The summed E-state index contributed by atoms with van der Waals surface area (Å²) in [4.78, 5) is 0. The molecule has 1 unspecified atom stereocenters. The number of rotatable bonds is 5. The Bertz CT molecular complexity index is 123. The van der Waals surface area contributed by atoms with Crippen LogP contribution in [0.15, 0.2) is 0 Å². The second kappa shape index (κ2) is 4.55. The molecule has 0 rings (SSSR count). The van der Waals surface area contributed by atoms with Crippen LogP contribution in [0, 0.1) is 10.8 Å². The third kappa shape index (κ3) is 3.84. The number of hydrogen-bond acceptors (Lipinski definition) is 1. The van der Waals surface area contributed by atoms with Crippen LogP contribution in [0.5, 0.6) is 0 Å². The van der Waals surface area contributed by atoms with Gasteiger partial charge in [0.05, 0.1) is 0 Å². The van der Waals surface area contributed by atoms with Crippen molar-refractivity contribution in [3.05, 3.63) is 0 Å². The molecule has 12 heavy (non-hydrogen) atoms. The van der Waals surface area contributed by atoms with Crippen LogP contribution < -0.4 is 0 Å². The lowest BCUT2D eigenvalue weighted by Gasteiger charge is -2.35. The zero-order valence-corrected chi connectivity index (χ0v) is 10.2. The van der Waals surface area contributed by atoms with Crippen LogP contribution in [0.3, 0.4) is 0 Å². The average molecular weight is 188 g/mol. The Labute approximate surface area is 83.5 Å². The topological polar surface area (TPSA) is 0 Å². The van der Waals surface area contributed by atoms with Gasteiger partial charge < -0.3 is 0 Å². The highest BCUT2D eigenvalue weighted by molar-refractivity contribution is 7.80. The van der Waals surface area contributed by atoms with Gasteiger partial charge in [-0.05, 0) is 29.4 Å². The summed E-state index contributed by atoms with van der Waals surface area (Å²) in [5, 5.41) is 0. The van der Waals surface area contributed by atoms with Gasteiger partial charge in [-0.1, -0.05) is 41.0 Å². The van der Waals surface area contributed by atoms with Crippen molar-refractivity contribution in [2.75, 3.05) is 5.75 Å². The molecule has 0 heterocycles. The molecule has 0 radical (unpaired) electrons. The Kier molecular flexibility index (Phi) is 4.68. The first kappa shape index (κ1) is 12.3. The number of hydrogen-bond donors (Lipinski definition) is 1. The van der Waals surface area contributed by atoms with Gasteiger partial charge in [-0.2, -0.15) is 12.6 Å². The summed E-state index contributed by atoms with van der Waals surface area (Å²) in [6.45, 7) is 11.6. The Morgan fingerprint density at radius 3 is 1.75 bits per heavy atom. The van der Waals surface area contributed by atoms with E-state index in [0.717, 1.165) is 5.75 Å². The fourth-order valence-corrected chi connectivity index (χ4v) is 1.91. The van der Waals surface area contributed by atoms with Crippen LogP contribution in [0.4, 0.5) is 0 Å². The van der Waals surface area contributed by atoms with E-state index in [0.29, 0.717) is 10.8 Å². The van der Waals surface area contributed by atoms with Crippen LogP contribution >= 0.6 is 12.6 Å². The van der Waals surface area contributed by atoms with Crippen molar-refractivity contribution in [2.45, 2.75) is 53.9 Å². The van der Waals surface area contributed by atoms with Gasteiger partial charge in [0, 0.05) is 0 Å². The monoisotopic (exact) mass is 188 g/mol. The van der Waals surface area contributed by atoms with Crippen LogP contribution in [0.1, 0.15) is 53.9 Å². The van der Waals surface area contributed by atoms with E-state index in [9.17, 15) is 0 Å². The van der Waals surface area contributed by atoms with Crippen molar-refractivity contribution in [2.24, 2.45) is 10.8 Å². The second-order valence-corrected chi connectivity index (χ2v) is 5.33. The van der Waals surface area contributed by atoms with E-state index in [1.54, 1.807) is 0 Å². The minimum absolute atomic E-state index is 0.433. The normalized spacial score (nSPS) is 17.5. The average Bonchev–Trinajstić information content (AvgIpc) is 2.04. The van der Waals surface area contributed by atoms with Crippen LogP contribution in [0.2, 0.25) is 0 Å². The zero-order valence-electron chi connectivity index (χ0n) is 9.28. The summed E-state index contributed by atoms with van der Waals surface area (Å²) < 4.78 is 0. The van der Waals surface area contributed by atoms with Crippen molar-refractivity contribution < 1.29 is 0 Å². The highest BCUT2D eigenvalue weighted by atomic mass is 32.1. The predicted molar refractivity (Wildman–Crippen MR) is 60.9 cm³/mol. The molecule has 0 aromatic rings. The van der Waals surface area contributed by atoms with E-state index < -0.39 is 0 Å². The first-order valence-corrected chi connectivity index (χ1v) is 5.63. The second-order valence-electron chi connectivity index (χ2n) is 5.02. The molecule has 0 nitrogen and oxygen atoms in total. The molecule has 0 aliphatic rings. The lowest BCUT2D eigenvalue weighted by atomic mass is 9.72. The van der Waals surface area contributed by atoms with Gasteiger partial charge in [-0.25, -0.2) is 0 Å². The van der Waals surface area contributed by atoms with E-state index in [2.05, 4.69) is 47.2 Å². The third-order valence-corrected chi connectivity index (χ3v) is 3.86. The Hall–Kier alpha value is 0.350. The molecule has 0 aliphatic heterocycles. The van der Waals surface area contributed by atoms with E-state index in [1.165, 1.54) is 19.3 Å². The van der Waals surface area contributed by atoms with Gasteiger partial charge in [0.2, 0.25) is 0 Å². The fraction of sp³-hybridized carbons (Fsp3) is 1.00. The smallest absolute Gasteiger partial charge is 0.00437 e. The Balaban J connectivity index is 4.20. The maximum Gasteiger partial charge on any atom is -0.00437 e. The molecule has 0 aromatic heterocycles. The van der Waals surface area contributed by atoms with Crippen LogP contribution in [0.25, 0.3) is 0 Å². The summed E-state index contributed by atoms with van der Waals surface area (Å²) in [6.07, 6.45) is 3.78. The summed E-state index contributed by atoms with van der Waals surface area (Å²) in [7, 11) is 0. The lowest BCUT2D eigenvalue weighted by molar-refractivity contribution is 0.188. The van der Waals surface area contributed by atoms with Gasteiger partial charge >= 0.3 is 0 Å². The quantitative estimate of drug-likeness (QED) is 0.615. The van der Waals surface area contributed by atoms with Crippen molar-refractivity contribution in [3.63, 3.8) is 0 Å². The SMILES string of the molecule is CCC(C)(C)CC(C)(CC)CS. The molecule has 74 valence electrons. The molecular weight excluding hydrogens is 164 g/mol. The molecule has 1 atom stereocenters. The summed E-state index contributed by atoms with van der Waals surface area (Å²) >= 11 is 4.43. The van der Waals surface area contributed by atoms with E-state index >= 15 is 0 Å². The van der Waals surface area contributed by atoms with Gasteiger partial charge in [0.1, 0.15) is 0 Å². The molecule has 0 saturated carbocycles. The third-order valence-electron chi connectivity index (χ3n) is 3.10. The standard InChI is InChI=1S/C11H24S/c1-6-10(3,4)8-11(5,7-2)9-12/h12H,6-9H2,1-5H3. The Morgan fingerprint density at radius 2 is 1.50 bits per heavy atom. The molecule has 1 heteroatoms. The maximum absolute atomic E-state index is 4.43. The van der Waals surface area contributed by atoms with Crippen LogP contribution in [-0.4, -0.2) is 5.75 Å². The first-order chi connectivity index (χ1) is 5.39. The molecule has 0 spiro atoms. The molecule has 0 amide bonds. The van der Waals surface area contributed by atoms with Gasteiger partial charge in [-0.15, -0.1) is 0 Å². The maximum atomic E-state index is 4.43. The van der Waals surface area contributed by atoms with E-state index in [4.69, 9.17) is 0 Å². The molecular formula is C11H24S. The van der Waals surface area contributed by atoms with Crippen LogP contribution in [-0.2, 0) is 0 Å². The van der Waals surface area contributed by atoms with Gasteiger partial charge in [0.25, 0.3) is 0 Å². The van der Waals surface area contributed by atoms with Gasteiger partial charge in [0.15, 0.2) is 0 Å². The molecule has 0 saturated heterocycles. The lowest BCUT2D eigenvalue weighted by Crippen LogP contribution is -2.26. The highest BCUT2D eigenvalue weighted by Gasteiger charge is 2.28. The Morgan fingerprint density at radius 1 is 1.00 bits per heavy atom. The highest BCUT2D eigenvalue weighted by Crippen LogP contribution is 2.38. The summed E-state index contributed by atoms with van der Waals surface area (Å²) in [5.41, 5.74) is 0.913. The van der Waals surface area contributed by atoms with E-state index in [1.807, 2.05) is 0 Å². The minimum Gasteiger partial charge on any atom is -0.179 e. The molecule has 0 bridgehead atoms. The van der Waals surface area contributed by atoms with Crippen molar-refractivity contribution in [1.82, 2.24) is 0 Å². The first-order valence-electron chi connectivity index (χ1n) is 5.00. The zero-order chi connectivity index (χ0) is 9.83. The molecule has 0 aliphatic carbocycles.